The number of fused-ring (bicyclic) bond motifs is 1. The van der Waals surface area contributed by atoms with E-state index in [2.05, 4.69) is 9.82 Å². The van der Waals surface area contributed by atoms with E-state index >= 15 is 0 Å². The molecule has 1 N–H and O–H groups in total. The molecular formula is C19H18N4O6S. The van der Waals surface area contributed by atoms with Crippen LogP contribution in [0.1, 0.15) is 5.56 Å². The molecule has 3 aromatic rings. The summed E-state index contributed by atoms with van der Waals surface area (Å²) in [6, 6.07) is 11.0. The molecule has 0 amide bonds. The maximum absolute atomic E-state index is 12.7. The van der Waals surface area contributed by atoms with E-state index in [0.29, 0.717) is 30.2 Å². The SMILES string of the molecule is Cc1ccc([N+](=O)[O-])cc1S(=O)(=O)Nc1cnn(CC2COc3ccccc3O2)c1. The van der Waals surface area contributed by atoms with Crippen molar-refractivity contribution in [3.05, 3.63) is 70.5 Å². The average Bonchev–Trinajstić information content (AvgIpc) is 3.13. The van der Waals surface area contributed by atoms with Crippen LogP contribution in [0.15, 0.2) is 59.8 Å². The molecule has 1 aromatic heterocycles. The Morgan fingerprint density at radius 3 is 2.80 bits per heavy atom. The second kappa shape index (κ2) is 7.67. The smallest absolute Gasteiger partial charge is 0.270 e. The number of sulfonamides is 1. The molecular weight excluding hydrogens is 412 g/mol. The van der Waals surface area contributed by atoms with Crippen molar-refractivity contribution in [3.8, 4) is 11.5 Å². The van der Waals surface area contributed by atoms with E-state index in [9.17, 15) is 18.5 Å². The molecule has 2 heterocycles. The summed E-state index contributed by atoms with van der Waals surface area (Å²) >= 11 is 0. The van der Waals surface area contributed by atoms with Crippen molar-refractivity contribution in [2.75, 3.05) is 11.3 Å². The summed E-state index contributed by atoms with van der Waals surface area (Å²) in [6.07, 6.45) is 2.60. The highest BCUT2D eigenvalue weighted by atomic mass is 32.2. The zero-order valence-corrected chi connectivity index (χ0v) is 16.7. The Bertz CT molecular complexity index is 1210. The molecule has 0 saturated heterocycles. The lowest BCUT2D eigenvalue weighted by Gasteiger charge is -2.26. The standard InChI is InChI=1S/C19H18N4O6S/c1-13-6-7-15(23(24)25)8-19(13)30(26,27)21-14-9-20-22(10-14)11-16-12-28-17-4-2-3-5-18(17)29-16/h2-10,16,21H,11-12H2,1H3. The van der Waals surface area contributed by atoms with Gasteiger partial charge in [-0.05, 0) is 24.6 Å². The maximum Gasteiger partial charge on any atom is 0.270 e. The highest BCUT2D eigenvalue weighted by molar-refractivity contribution is 7.92. The minimum atomic E-state index is -4.02. The van der Waals surface area contributed by atoms with E-state index in [1.165, 1.54) is 24.5 Å². The van der Waals surface area contributed by atoms with Crippen LogP contribution in [0.2, 0.25) is 0 Å². The average molecular weight is 430 g/mol. The molecule has 30 heavy (non-hydrogen) atoms. The Balaban J connectivity index is 1.47. The third-order valence-corrected chi connectivity index (χ3v) is 6.04. The van der Waals surface area contributed by atoms with Gasteiger partial charge in [-0.1, -0.05) is 18.2 Å². The minimum Gasteiger partial charge on any atom is -0.486 e. The molecule has 0 aliphatic carbocycles. The van der Waals surface area contributed by atoms with Crippen molar-refractivity contribution in [3.63, 3.8) is 0 Å². The topological polar surface area (TPSA) is 126 Å². The molecule has 1 unspecified atom stereocenters. The number of nitro groups is 1. The summed E-state index contributed by atoms with van der Waals surface area (Å²) < 4.78 is 40.9. The number of ether oxygens (including phenoxy) is 2. The molecule has 0 spiro atoms. The molecule has 0 saturated carbocycles. The highest BCUT2D eigenvalue weighted by Gasteiger charge is 2.23. The van der Waals surface area contributed by atoms with E-state index < -0.39 is 14.9 Å². The van der Waals surface area contributed by atoms with Crippen LogP contribution < -0.4 is 14.2 Å². The van der Waals surface area contributed by atoms with Gasteiger partial charge in [-0.2, -0.15) is 5.10 Å². The van der Waals surface area contributed by atoms with Gasteiger partial charge in [-0.15, -0.1) is 0 Å². The lowest BCUT2D eigenvalue weighted by atomic mass is 10.2. The number of para-hydroxylation sites is 2. The molecule has 1 atom stereocenters. The van der Waals surface area contributed by atoms with E-state index in [0.717, 1.165) is 6.07 Å². The molecule has 0 radical (unpaired) electrons. The Morgan fingerprint density at radius 2 is 2.03 bits per heavy atom. The third-order valence-electron chi connectivity index (χ3n) is 4.52. The first-order valence-electron chi connectivity index (χ1n) is 9.00. The van der Waals surface area contributed by atoms with Crippen LogP contribution in [-0.2, 0) is 16.6 Å². The lowest BCUT2D eigenvalue weighted by Crippen LogP contribution is -2.33. The van der Waals surface area contributed by atoms with Crippen LogP contribution in [-0.4, -0.2) is 35.8 Å². The van der Waals surface area contributed by atoms with E-state index in [4.69, 9.17) is 9.47 Å². The van der Waals surface area contributed by atoms with Crippen molar-refractivity contribution in [1.82, 2.24) is 9.78 Å². The predicted octanol–water partition coefficient (Wildman–Crippen LogP) is 2.74. The van der Waals surface area contributed by atoms with Crippen molar-refractivity contribution in [2.24, 2.45) is 0 Å². The van der Waals surface area contributed by atoms with E-state index in [1.54, 1.807) is 11.6 Å². The molecule has 2 aromatic carbocycles. The minimum absolute atomic E-state index is 0.162. The Labute approximate surface area is 172 Å². The molecule has 4 rings (SSSR count). The number of nitrogens with one attached hydrogen (secondary N) is 1. The van der Waals surface area contributed by atoms with Crippen molar-refractivity contribution < 1.29 is 22.8 Å². The Kier molecular flexibility index (Phi) is 5.04. The molecule has 11 heteroatoms. The monoisotopic (exact) mass is 430 g/mol. The van der Waals surface area contributed by atoms with Crippen LogP contribution in [0.25, 0.3) is 0 Å². The van der Waals surface area contributed by atoms with E-state index in [-0.39, 0.29) is 22.4 Å². The molecule has 156 valence electrons. The molecule has 0 fully saturated rings. The Hall–Kier alpha value is -3.60. The molecule has 1 aliphatic heterocycles. The second-order valence-corrected chi connectivity index (χ2v) is 8.41. The fourth-order valence-corrected chi connectivity index (χ4v) is 4.37. The first kappa shape index (κ1) is 19.7. The summed E-state index contributed by atoms with van der Waals surface area (Å²) in [6.45, 7) is 2.26. The summed E-state index contributed by atoms with van der Waals surface area (Å²) in [4.78, 5) is 10.2. The van der Waals surface area contributed by atoms with Gasteiger partial charge in [0.15, 0.2) is 17.6 Å². The van der Waals surface area contributed by atoms with Crippen molar-refractivity contribution in [2.45, 2.75) is 24.5 Å². The van der Waals surface area contributed by atoms with Crippen molar-refractivity contribution in [1.29, 1.82) is 0 Å². The van der Waals surface area contributed by atoms with Gasteiger partial charge in [0.2, 0.25) is 0 Å². The molecule has 1 aliphatic rings. The summed E-state index contributed by atoms with van der Waals surface area (Å²) in [5.41, 5.74) is 0.330. The van der Waals surface area contributed by atoms with Gasteiger partial charge in [0, 0.05) is 18.3 Å². The normalized spacial score (nSPS) is 15.6. The van der Waals surface area contributed by atoms with Crippen LogP contribution in [0.3, 0.4) is 0 Å². The number of benzene rings is 2. The number of rotatable bonds is 6. The summed E-state index contributed by atoms with van der Waals surface area (Å²) in [5, 5.41) is 15.1. The van der Waals surface area contributed by atoms with Crippen LogP contribution >= 0.6 is 0 Å². The van der Waals surface area contributed by atoms with Gasteiger partial charge in [0.25, 0.3) is 15.7 Å². The van der Waals surface area contributed by atoms with E-state index in [1.807, 2.05) is 24.3 Å². The zero-order valence-electron chi connectivity index (χ0n) is 15.9. The van der Waals surface area contributed by atoms with Gasteiger partial charge in [-0.3, -0.25) is 19.5 Å². The quantitative estimate of drug-likeness (QED) is 0.471. The third kappa shape index (κ3) is 4.06. The summed E-state index contributed by atoms with van der Waals surface area (Å²) in [5.74, 6) is 1.32. The van der Waals surface area contributed by atoms with Crippen LogP contribution in [0.5, 0.6) is 11.5 Å². The number of hydrogen-bond acceptors (Lipinski definition) is 7. The fourth-order valence-electron chi connectivity index (χ4n) is 3.08. The fraction of sp³-hybridized carbons (Fsp3) is 0.211. The number of nitrogens with zero attached hydrogens (tertiary/aromatic N) is 3. The second-order valence-electron chi connectivity index (χ2n) is 6.76. The van der Waals surface area contributed by atoms with Gasteiger partial charge in [-0.25, -0.2) is 8.42 Å². The first-order valence-corrected chi connectivity index (χ1v) is 10.5. The number of hydrogen-bond donors (Lipinski definition) is 1. The van der Waals surface area contributed by atoms with Gasteiger partial charge in [0.05, 0.1) is 28.2 Å². The number of non-ortho nitro benzene ring substituents is 1. The first-order chi connectivity index (χ1) is 14.3. The number of nitro benzene ring substituents is 1. The predicted molar refractivity (Wildman–Crippen MR) is 107 cm³/mol. The summed E-state index contributed by atoms with van der Waals surface area (Å²) in [7, 11) is -4.02. The van der Waals surface area contributed by atoms with Crippen LogP contribution in [0, 0.1) is 17.0 Å². The van der Waals surface area contributed by atoms with Crippen LogP contribution in [0.4, 0.5) is 11.4 Å². The number of aryl methyl sites for hydroxylation is 1. The number of anilines is 1. The van der Waals surface area contributed by atoms with Gasteiger partial charge >= 0.3 is 0 Å². The van der Waals surface area contributed by atoms with Gasteiger partial charge < -0.3 is 9.47 Å². The van der Waals surface area contributed by atoms with Crippen molar-refractivity contribution >= 4 is 21.4 Å². The highest BCUT2D eigenvalue weighted by Crippen LogP contribution is 2.31. The maximum atomic E-state index is 12.7. The molecule has 0 bridgehead atoms. The largest absolute Gasteiger partial charge is 0.486 e. The lowest BCUT2D eigenvalue weighted by molar-refractivity contribution is -0.385. The van der Waals surface area contributed by atoms with Gasteiger partial charge in [0.1, 0.15) is 6.61 Å². The Morgan fingerprint density at radius 1 is 1.27 bits per heavy atom. The zero-order chi connectivity index (χ0) is 21.3. The number of aromatic nitrogens is 2. The molecule has 10 nitrogen and oxygen atoms in total.